The first kappa shape index (κ1) is 16.4. The number of morpholine rings is 1. The second kappa shape index (κ2) is 6.59. The van der Waals surface area contributed by atoms with Crippen molar-refractivity contribution in [3.63, 3.8) is 0 Å². The number of nitrogens with zero attached hydrogens (tertiary/aromatic N) is 1. The highest BCUT2D eigenvalue weighted by molar-refractivity contribution is 9.10. The molecule has 23 heavy (non-hydrogen) atoms. The lowest BCUT2D eigenvalue weighted by atomic mass is 9.92. The minimum Gasteiger partial charge on any atom is -0.478 e. The fraction of sp³-hybridized carbons (Fsp3) is 0.500. The molecule has 7 heteroatoms. The summed E-state index contributed by atoms with van der Waals surface area (Å²) in [5.74, 6) is -1.22. The van der Waals surface area contributed by atoms with Crippen LogP contribution < -0.4 is 0 Å². The van der Waals surface area contributed by atoms with Crippen molar-refractivity contribution in [3.05, 3.63) is 33.8 Å². The van der Waals surface area contributed by atoms with Gasteiger partial charge >= 0.3 is 5.97 Å². The number of amides is 1. The lowest BCUT2D eigenvalue weighted by molar-refractivity contribution is -0.146. The van der Waals surface area contributed by atoms with Gasteiger partial charge in [-0.15, -0.1) is 0 Å². The summed E-state index contributed by atoms with van der Waals surface area (Å²) in [6, 6.07) is 4.56. The molecular weight excluding hydrogens is 366 g/mol. The monoisotopic (exact) mass is 383 g/mol. The van der Waals surface area contributed by atoms with Crippen LogP contribution in [-0.4, -0.2) is 60.4 Å². The normalized spacial score (nSPS) is 20.5. The molecule has 0 unspecified atom stereocenters. The summed E-state index contributed by atoms with van der Waals surface area (Å²) in [4.78, 5) is 25.7. The van der Waals surface area contributed by atoms with Crippen molar-refractivity contribution in [1.29, 1.82) is 0 Å². The zero-order valence-corrected chi connectivity index (χ0v) is 14.2. The summed E-state index contributed by atoms with van der Waals surface area (Å²) in [5, 5.41) is 9.14. The molecule has 0 aliphatic carbocycles. The third kappa shape index (κ3) is 3.57. The van der Waals surface area contributed by atoms with E-state index in [0.717, 1.165) is 12.8 Å². The maximum Gasteiger partial charge on any atom is 0.335 e. The average molecular weight is 384 g/mol. The number of rotatable bonds is 2. The molecule has 0 saturated carbocycles. The molecule has 0 bridgehead atoms. The molecule has 2 fully saturated rings. The zero-order chi connectivity index (χ0) is 16.4. The second-order valence-corrected chi connectivity index (χ2v) is 6.82. The van der Waals surface area contributed by atoms with Crippen molar-refractivity contribution < 1.29 is 24.2 Å². The molecule has 0 atom stereocenters. The van der Waals surface area contributed by atoms with Crippen LogP contribution in [-0.2, 0) is 9.47 Å². The van der Waals surface area contributed by atoms with E-state index in [2.05, 4.69) is 15.9 Å². The van der Waals surface area contributed by atoms with E-state index < -0.39 is 5.97 Å². The molecule has 1 aromatic rings. The van der Waals surface area contributed by atoms with Crippen LogP contribution in [0.25, 0.3) is 0 Å². The SMILES string of the molecule is O=C(O)c1cc(Br)cc(C(=O)N2CCOC3(CCOCC3)C2)c1. The molecule has 0 aromatic heterocycles. The number of halogens is 1. The van der Waals surface area contributed by atoms with Gasteiger partial charge in [-0.3, -0.25) is 4.79 Å². The minimum atomic E-state index is -1.05. The Hall–Kier alpha value is -1.44. The lowest BCUT2D eigenvalue weighted by Crippen LogP contribution is -2.55. The number of hydrogen-bond donors (Lipinski definition) is 1. The maximum atomic E-state index is 12.8. The highest BCUT2D eigenvalue weighted by Gasteiger charge is 2.39. The smallest absolute Gasteiger partial charge is 0.335 e. The van der Waals surface area contributed by atoms with Crippen molar-refractivity contribution in [2.45, 2.75) is 18.4 Å². The molecule has 2 saturated heterocycles. The number of carboxylic acid groups (broad SMARTS) is 1. The summed E-state index contributed by atoms with van der Waals surface area (Å²) in [6.07, 6.45) is 1.55. The van der Waals surface area contributed by atoms with Crippen LogP contribution in [0.2, 0.25) is 0 Å². The van der Waals surface area contributed by atoms with Gasteiger partial charge in [0.1, 0.15) is 0 Å². The molecule has 2 aliphatic rings. The van der Waals surface area contributed by atoms with E-state index in [0.29, 0.717) is 42.9 Å². The van der Waals surface area contributed by atoms with Crippen molar-refractivity contribution in [1.82, 2.24) is 4.90 Å². The molecule has 1 spiro atoms. The Labute approximate surface area is 142 Å². The van der Waals surface area contributed by atoms with Crippen molar-refractivity contribution >= 4 is 27.8 Å². The standard InChI is InChI=1S/C16H18BrNO5/c17-13-8-11(7-12(9-13)15(20)21)14(19)18-3-6-23-16(10-18)1-4-22-5-2-16/h7-9H,1-6,10H2,(H,20,21). The predicted molar refractivity (Wildman–Crippen MR) is 85.7 cm³/mol. The van der Waals surface area contributed by atoms with Gasteiger partial charge in [-0.05, 0) is 18.2 Å². The number of benzene rings is 1. The van der Waals surface area contributed by atoms with Gasteiger partial charge in [0.25, 0.3) is 5.91 Å². The van der Waals surface area contributed by atoms with Crippen LogP contribution in [0.15, 0.2) is 22.7 Å². The fourth-order valence-electron chi connectivity index (χ4n) is 3.08. The first-order valence-electron chi connectivity index (χ1n) is 7.54. The van der Waals surface area contributed by atoms with Gasteiger partial charge < -0.3 is 19.5 Å². The van der Waals surface area contributed by atoms with Gasteiger partial charge in [0.15, 0.2) is 0 Å². The molecule has 2 aliphatic heterocycles. The summed E-state index contributed by atoms with van der Waals surface area (Å²) < 4.78 is 11.9. The molecule has 0 radical (unpaired) electrons. The number of hydrogen-bond acceptors (Lipinski definition) is 4. The fourth-order valence-corrected chi connectivity index (χ4v) is 3.58. The zero-order valence-electron chi connectivity index (χ0n) is 12.6. The Bertz CT molecular complexity index is 621. The largest absolute Gasteiger partial charge is 0.478 e. The summed E-state index contributed by atoms with van der Waals surface area (Å²) in [5.41, 5.74) is 0.144. The van der Waals surface area contributed by atoms with Gasteiger partial charge in [0.2, 0.25) is 0 Å². The summed E-state index contributed by atoms with van der Waals surface area (Å²) >= 11 is 3.27. The number of carboxylic acids is 1. The van der Waals surface area contributed by atoms with Gasteiger partial charge in [-0.2, -0.15) is 0 Å². The van der Waals surface area contributed by atoms with E-state index in [1.165, 1.54) is 12.1 Å². The molecule has 1 amide bonds. The second-order valence-electron chi connectivity index (χ2n) is 5.90. The molecular formula is C16H18BrNO5. The van der Waals surface area contributed by atoms with Crippen molar-refractivity contribution in [2.75, 3.05) is 32.9 Å². The average Bonchev–Trinajstić information content (AvgIpc) is 2.54. The van der Waals surface area contributed by atoms with E-state index in [1.807, 2.05) is 0 Å². The molecule has 1 N–H and O–H groups in total. The van der Waals surface area contributed by atoms with E-state index in [9.17, 15) is 9.59 Å². The van der Waals surface area contributed by atoms with Crippen LogP contribution in [0, 0.1) is 0 Å². The van der Waals surface area contributed by atoms with Crippen molar-refractivity contribution in [2.24, 2.45) is 0 Å². The molecule has 3 rings (SSSR count). The van der Waals surface area contributed by atoms with Crippen LogP contribution in [0.1, 0.15) is 33.6 Å². The number of ether oxygens (including phenoxy) is 2. The third-order valence-corrected chi connectivity index (χ3v) is 4.79. The van der Waals surface area contributed by atoms with E-state index >= 15 is 0 Å². The molecule has 2 heterocycles. The molecule has 6 nitrogen and oxygen atoms in total. The maximum absolute atomic E-state index is 12.8. The topological polar surface area (TPSA) is 76.1 Å². The molecule has 1 aromatic carbocycles. The quantitative estimate of drug-likeness (QED) is 0.846. The van der Waals surface area contributed by atoms with Crippen LogP contribution in [0.4, 0.5) is 0 Å². The van der Waals surface area contributed by atoms with E-state index in [1.54, 1.807) is 11.0 Å². The van der Waals surface area contributed by atoms with Crippen LogP contribution >= 0.6 is 15.9 Å². The van der Waals surface area contributed by atoms with Gasteiger partial charge in [0, 0.05) is 42.6 Å². The first-order chi connectivity index (χ1) is 11.0. The number of aromatic carboxylic acids is 1. The highest BCUT2D eigenvalue weighted by Crippen LogP contribution is 2.30. The summed E-state index contributed by atoms with van der Waals surface area (Å²) in [7, 11) is 0. The van der Waals surface area contributed by atoms with E-state index in [4.69, 9.17) is 14.6 Å². The Morgan fingerprint density at radius 2 is 1.83 bits per heavy atom. The Morgan fingerprint density at radius 3 is 2.52 bits per heavy atom. The van der Waals surface area contributed by atoms with Gasteiger partial charge in [-0.25, -0.2) is 4.79 Å². The van der Waals surface area contributed by atoms with Crippen LogP contribution in [0.3, 0.4) is 0 Å². The highest BCUT2D eigenvalue weighted by atomic mass is 79.9. The first-order valence-corrected chi connectivity index (χ1v) is 8.33. The van der Waals surface area contributed by atoms with Crippen molar-refractivity contribution in [3.8, 4) is 0 Å². The lowest BCUT2D eigenvalue weighted by Gasteiger charge is -2.44. The van der Waals surface area contributed by atoms with Gasteiger partial charge in [0.05, 0.1) is 24.3 Å². The summed E-state index contributed by atoms with van der Waals surface area (Å²) in [6.45, 7) is 2.80. The number of carbonyl (C=O) groups excluding carboxylic acids is 1. The van der Waals surface area contributed by atoms with E-state index in [-0.39, 0.29) is 17.1 Å². The predicted octanol–water partition coefficient (Wildman–Crippen LogP) is 2.17. The minimum absolute atomic E-state index is 0.0942. The Kier molecular flexibility index (Phi) is 4.70. The third-order valence-electron chi connectivity index (χ3n) is 4.33. The van der Waals surface area contributed by atoms with Crippen LogP contribution in [0.5, 0.6) is 0 Å². The number of carbonyl (C=O) groups is 2. The van der Waals surface area contributed by atoms with Gasteiger partial charge in [-0.1, -0.05) is 15.9 Å². The Balaban J connectivity index is 1.81. The molecule has 124 valence electrons. The Morgan fingerprint density at radius 1 is 1.13 bits per heavy atom.